The summed E-state index contributed by atoms with van der Waals surface area (Å²) in [5.74, 6) is 1.19. The normalized spacial score (nSPS) is 12.0. The summed E-state index contributed by atoms with van der Waals surface area (Å²) in [6.45, 7) is 8.32. The van der Waals surface area contributed by atoms with E-state index in [9.17, 15) is 4.79 Å². The van der Waals surface area contributed by atoms with Crippen LogP contribution in [0.15, 0.2) is 35.6 Å². The minimum atomic E-state index is -0.179. The molecule has 0 bridgehead atoms. The van der Waals surface area contributed by atoms with Gasteiger partial charge in [0.1, 0.15) is 5.52 Å². The van der Waals surface area contributed by atoms with Gasteiger partial charge in [0, 0.05) is 43.4 Å². The zero-order valence-corrected chi connectivity index (χ0v) is 16.1. The molecule has 0 fully saturated rings. The number of nitrogens with one attached hydrogen (secondary N) is 1. The van der Waals surface area contributed by atoms with Crippen molar-refractivity contribution in [2.75, 3.05) is 0 Å². The molecule has 0 aromatic carbocycles. The SMILES string of the molecule is CC(C)c1c(-c2ccn(C(C)C)n2)cn2nc(-c3nccn3C)[nH]c(=O)c12. The van der Waals surface area contributed by atoms with Crippen LogP contribution in [0.25, 0.3) is 28.4 Å². The van der Waals surface area contributed by atoms with Crippen LogP contribution in [-0.2, 0) is 7.05 Å². The molecule has 0 aliphatic heterocycles. The Morgan fingerprint density at radius 2 is 1.89 bits per heavy atom. The highest BCUT2D eigenvalue weighted by atomic mass is 16.1. The number of nitrogens with zero attached hydrogens (tertiary/aromatic N) is 6. The molecule has 0 atom stereocenters. The van der Waals surface area contributed by atoms with Crippen molar-refractivity contribution < 1.29 is 0 Å². The van der Waals surface area contributed by atoms with Crippen LogP contribution < -0.4 is 5.56 Å². The first kappa shape index (κ1) is 17.3. The number of hydrogen-bond acceptors (Lipinski definition) is 4. The second-order valence-corrected chi connectivity index (χ2v) is 7.34. The Morgan fingerprint density at radius 1 is 1.11 bits per heavy atom. The van der Waals surface area contributed by atoms with Gasteiger partial charge < -0.3 is 9.55 Å². The van der Waals surface area contributed by atoms with Crippen molar-refractivity contribution in [3.05, 3.63) is 46.8 Å². The molecule has 0 saturated carbocycles. The zero-order valence-electron chi connectivity index (χ0n) is 16.1. The van der Waals surface area contributed by atoms with E-state index in [1.54, 1.807) is 10.7 Å². The van der Waals surface area contributed by atoms with Gasteiger partial charge in [-0.2, -0.15) is 5.10 Å². The Kier molecular flexibility index (Phi) is 3.98. The Balaban J connectivity index is 1.97. The Labute approximate surface area is 156 Å². The summed E-state index contributed by atoms with van der Waals surface area (Å²) in [6.07, 6.45) is 7.35. The highest BCUT2D eigenvalue weighted by Crippen LogP contribution is 2.32. The van der Waals surface area contributed by atoms with Crippen molar-refractivity contribution in [3.8, 4) is 22.9 Å². The number of imidazole rings is 1. The summed E-state index contributed by atoms with van der Waals surface area (Å²) in [6, 6.07) is 2.25. The van der Waals surface area contributed by atoms with E-state index in [0.717, 1.165) is 16.8 Å². The molecule has 27 heavy (non-hydrogen) atoms. The van der Waals surface area contributed by atoms with Gasteiger partial charge in [-0.25, -0.2) is 9.50 Å². The predicted octanol–water partition coefficient (Wildman–Crippen LogP) is 2.99. The second-order valence-electron chi connectivity index (χ2n) is 7.34. The van der Waals surface area contributed by atoms with Crippen molar-refractivity contribution in [2.24, 2.45) is 7.05 Å². The van der Waals surface area contributed by atoms with E-state index in [-0.39, 0.29) is 17.5 Å². The summed E-state index contributed by atoms with van der Waals surface area (Å²) in [7, 11) is 1.87. The predicted molar refractivity (Wildman–Crippen MR) is 104 cm³/mol. The van der Waals surface area contributed by atoms with Gasteiger partial charge in [0.2, 0.25) is 0 Å². The zero-order chi connectivity index (χ0) is 19.3. The molecular weight excluding hydrogens is 342 g/mol. The summed E-state index contributed by atoms with van der Waals surface area (Å²) in [4.78, 5) is 20.1. The molecule has 140 valence electrons. The molecule has 0 amide bonds. The second kappa shape index (κ2) is 6.22. The maximum atomic E-state index is 12.9. The van der Waals surface area contributed by atoms with Crippen LogP contribution in [0.1, 0.15) is 45.2 Å². The van der Waals surface area contributed by atoms with Crippen molar-refractivity contribution >= 4 is 5.52 Å². The minimum absolute atomic E-state index is 0.149. The molecular formula is C19H23N7O. The average molecular weight is 365 g/mol. The average Bonchev–Trinajstić information content (AvgIpc) is 3.31. The third kappa shape index (κ3) is 2.77. The van der Waals surface area contributed by atoms with Crippen LogP contribution in [0.3, 0.4) is 0 Å². The molecule has 0 radical (unpaired) electrons. The quantitative estimate of drug-likeness (QED) is 0.602. The smallest absolute Gasteiger partial charge is 0.275 e. The molecule has 1 N–H and O–H groups in total. The molecule has 0 aliphatic carbocycles. The van der Waals surface area contributed by atoms with Gasteiger partial charge in [0.05, 0.1) is 5.69 Å². The highest BCUT2D eigenvalue weighted by Gasteiger charge is 2.22. The van der Waals surface area contributed by atoms with Crippen LogP contribution in [-0.4, -0.2) is 33.9 Å². The molecule has 0 unspecified atom stereocenters. The molecule has 4 heterocycles. The van der Waals surface area contributed by atoms with E-state index < -0.39 is 0 Å². The van der Waals surface area contributed by atoms with Gasteiger partial charge in [-0.3, -0.25) is 9.48 Å². The van der Waals surface area contributed by atoms with E-state index in [1.807, 2.05) is 41.0 Å². The number of aryl methyl sites for hydroxylation is 1. The maximum Gasteiger partial charge on any atom is 0.275 e. The summed E-state index contributed by atoms with van der Waals surface area (Å²) >= 11 is 0. The third-order valence-electron chi connectivity index (χ3n) is 4.70. The fourth-order valence-electron chi connectivity index (χ4n) is 3.36. The maximum absolute atomic E-state index is 12.9. The minimum Gasteiger partial charge on any atom is -0.331 e. The first-order chi connectivity index (χ1) is 12.9. The van der Waals surface area contributed by atoms with Crippen LogP contribution in [0, 0.1) is 0 Å². The van der Waals surface area contributed by atoms with E-state index >= 15 is 0 Å². The molecule has 0 spiro atoms. The lowest BCUT2D eigenvalue weighted by molar-refractivity contribution is 0.534. The Bertz CT molecular complexity index is 1170. The standard InChI is InChI=1S/C19H23N7O/c1-11(2)15-13(14-6-8-25(22-14)12(3)4)10-26-16(15)19(27)21-17(23-26)18-20-7-9-24(18)5/h6-12H,1-5H3,(H,21,23,27). The lowest BCUT2D eigenvalue weighted by atomic mass is 9.98. The van der Waals surface area contributed by atoms with E-state index in [4.69, 9.17) is 0 Å². The Hall–Kier alpha value is -3.16. The third-order valence-corrected chi connectivity index (χ3v) is 4.70. The van der Waals surface area contributed by atoms with Gasteiger partial charge >= 0.3 is 0 Å². The summed E-state index contributed by atoms with van der Waals surface area (Å²) < 4.78 is 5.39. The van der Waals surface area contributed by atoms with Crippen LogP contribution >= 0.6 is 0 Å². The van der Waals surface area contributed by atoms with Crippen molar-refractivity contribution in [2.45, 2.75) is 39.7 Å². The van der Waals surface area contributed by atoms with Crippen molar-refractivity contribution in [1.29, 1.82) is 0 Å². The number of aromatic amines is 1. The van der Waals surface area contributed by atoms with E-state index in [2.05, 4.69) is 47.9 Å². The lowest BCUT2D eigenvalue weighted by Crippen LogP contribution is -2.16. The Morgan fingerprint density at radius 3 is 2.48 bits per heavy atom. The fraction of sp³-hybridized carbons (Fsp3) is 0.368. The van der Waals surface area contributed by atoms with Gasteiger partial charge in [-0.05, 0) is 31.4 Å². The fourth-order valence-corrected chi connectivity index (χ4v) is 3.36. The molecule has 0 aliphatic rings. The molecule has 4 aromatic rings. The molecule has 4 aromatic heterocycles. The van der Waals surface area contributed by atoms with Crippen LogP contribution in [0.5, 0.6) is 0 Å². The summed E-state index contributed by atoms with van der Waals surface area (Å²) in [5, 5.41) is 9.29. The number of hydrogen-bond donors (Lipinski definition) is 1. The van der Waals surface area contributed by atoms with Gasteiger partial charge in [-0.1, -0.05) is 13.8 Å². The first-order valence-corrected chi connectivity index (χ1v) is 9.05. The monoisotopic (exact) mass is 365 g/mol. The lowest BCUT2D eigenvalue weighted by Gasteiger charge is -2.07. The molecule has 0 saturated heterocycles. The number of rotatable bonds is 4. The van der Waals surface area contributed by atoms with Gasteiger partial charge in [0.25, 0.3) is 5.56 Å². The largest absolute Gasteiger partial charge is 0.331 e. The number of H-pyrrole nitrogens is 1. The van der Waals surface area contributed by atoms with Crippen molar-refractivity contribution in [3.63, 3.8) is 0 Å². The molecule has 8 nitrogen and oxygen atoms in total. The topological polar surface area (TPSA) is 85.8 Å². The van der Waals surface area contributed by atoms with Gasteiger partial charge in [0.15, 0.2) is 11.6 Å². The van der Waals surface area contributed by atoms with Crippen LogP contribution in [0.4, 0.5) is 0 Å². The number of fused-ring (bicyclic) bond motifs is 1. The molecule has 4 rings (SSSR count). The van der Waals surface area contributed by atoms with E-state index in [0.29, 0.717) is 17.2 Å². The summed E-state index contributed by atoms with van der Waals surface area (Å²) in [5.41, 5.74) is 3.10. The van der Waals surface area contributed by atoms with E-state index in [1.165, 1.54) is 0 Å². The number of aromatic nitrogens is 7. The highest BCUT2D eigenvalue weighted by molar-refractivity contribution is 5.75. The van der Waals surface area contributed by atoms with Gasteiger partial charge in [-0.15, -0.1) is 5.10 Å². The molecule has 8 heteroatoms. The van der Waals surface area contributed by atoms with Crippen molar-refractivity contribution in [1.82, 2.24) is 33.9 Å². The van der Waals surface area contributed by atoms with Crippen LogP contribution in [0.2, 0.25) is 0 Å². The first-order valence-electron chi connectivity index (χ1n) is 9.05.